The van der Waals surface area contributed by atoms with Gasteiger partial charge in [0.05, 0.1) is 12.1 Å². The van der Waals surface area contributed by atoms with Crippen molar-refractivity contribution in [3.05, 3.63) is 0 Å². The third-order valence-corrected chi connectivity index (χ3v) is 4.21. The Hall–Kier alpha value is -0.650. The molecule has 2 saturated heterocycles. The van der Waals surface area contributed by atoms with Gasteiger partial charge in [-0.15, -0.1) is 0 Å². The van der Waals surface area contributed by atoms with E-state index in [4.69, 9.17) is 4.74 Å². The van der Waals surface area contributed by atoms with Crippen LogP contribution in [-0.4, -0.2) is 62.3 Å². The number of carbonyl (C=O) groups excluding carboxylic acids is 1. The first-order chi connectivity index (χ1) is 9.24. The van der Waals surface area contributed by atoms with Crippen LogP contribution in [0.3, 0.4) is 0 Å². The minimum atomic E-state index is 0.149. The highest BCUT2D eigenvalue weighted by Crippen LogP contribution is 2.16. The summed E-state index contributed by atoms with van der Waals surface area (Å²) >= 11 is 0. The Morgan fingerprint density at radius 3 is 2.68 bits per heavy atom. The van der Waals surface area contributed by atoms with Gasteiger partial charge in [0.25, 0.3) is 0 Å². The normalized spacial score (nSPS) is 29.6. The summed E-state index contributed by atoms with van der Waals surface area (Å²) in [7, 11) is 0. The van der Waals surface area contributed by atoms with Crippen molar-refractivity contribution in [1.29, 1.82) is 0 Å². The Kier molecular flexibility index (Phi) is 5.60. The summed E-state index contributed by atoms with van der Waals surface area (Å²) in [5, 5.41) is 6.51. The number of rotatable bonds is 5. The van der Waals surface area contributed by atoms with Crippen LogP contribution in [0.15, 0.2) is 0 Å². The van der Waals surface area contributed by atoms with Crippen molar-refractivity contribution in [1.82, 2.24) is 15.5 Å². The Morgan fingerprint density at radius 1 is 1.32 bits per heavy atom. The molecule has 2 N–H and O–H groups in total. The second-order valence-corrected chi connectivity index (χ2v) is 5.49. The molecule has 0 saturated carbocycles. The zero-order valence-corrected chi connectivity index (χ0v) is 12.2. The molecule has 0 unspecified atom stereocenters. The summed E-state index contributed by atoms with van der Waals surface area (Å²) in [6.07, 6.45) is 2.06. The van der Waals surface area contributed by atoms with E-state index in [1.807, 2.05) is 6.92 Å². The second kappa shape index (κ2) is 7.22. The summed E-state index contributed by atoms with van der Waals surface area (Å²) in [5.74, 6) is 0.397. The summed E-state index contributed by atoms with van der Waals surface area (Å²) in [6.45, 7) is 9.66. The first-order valence-corrected chi connectivity index (χ1v) is 7.59. The summed E-state index contributed by atoms with van der Waals surface area (Å²) < 4.78 is 5.77. The summed E-state index contributed by atoms with van der Waals surface area (Å²) in [5.41, 5.74) is 0. The van der Waals surface area contributed by atoms with Gasteiger partial charge >= 0.3 is 0 Å². The van der Waals surface area contributed by atoms with Crippen molar-refractivity contribution in [3.63, 3.8) is 0 Å². The lowest BCUT2D eigenvalue weighted by Crippen LogP contribution is -2.48. The van der Waals surface area contributed by atoms with E-state index in [1.165, 1.54) is 0 Å². The molecule has 19 heavy (non-hydrogen) atoms. The van der Waals surface area contributed by atoms with E-state index in [1.54, 1.807) is 0 Å². The predicted molar refractivity (Wildman–Crippen MR) is 75.1 cm³/mol. The Labute approximate surface area is 116 Å². The topological polar surface area (TPSA) is 53.6 Å². The van der Waals surface area contributed by atoms with E-state index >= 15 is 0 Å². The van der Waals surface area contributed by atoms with Crippen molar-refractivity contribution in [2.75, 3.05) is 39.3 Å². The van der Waals surface area contributed by atoms with E-state index in [2.05, 4.69) is 22.5 Å². The quantitative estimate of drug-likeness (QED) is 0.749. The van der Waals surface area contributed by atoms with Gasteiger partial charge in [-0.3, -0.25) is 9.69 Å². The molecule has 2 heterocycles. The van der Waals surface area contributed by atoms with Gasteiger partial charge in [-0.2, -0.15) is 0 Å². The number of likely N-dealkylation sites (N-methyl/N-ethyl adjacent to an activating group) is 1. The van der Waals surface area contributed by atoms with Crippen LogP contribution in [0.4, 0.5) is 0 Å². The highest BCUT2D eigenvalue weighted by Gasteiger charge is 2.34. The SMILES string of the molecule is CCO[C@H]1CN(CC)C[C@@H]1NC(=O)C1CCNCC1. The van der Waals surface area contributed by atoms with E-state index in [-0.39, 0.29) is 24.0 Å². The van der Waals surface area contributed by atoms with Crippen LogP contribution in [-0.2, 0) is 9.53 Å². The molecule has 1 amide bonds. The number of hydrogen-bond acceptors (Lipinski definition) is 4. The van der Waals surface area contributed by atoms with Crippen LogP contribution >= 0.6 is 0 Å². The minimum absolute atomic E-state index is 0.149. The van der Waals surface area contributed by atoms with Crippen LogP contribution < -0.4 is 10.6 Å². The monoisotopic (exact) mass is 269 g/mol. The number of hydrogen-bond donors (Lipinski definition) is 2. The molecular formula is C14H27N3O2. The van der Waals surface area contributed by atoms with Crippen LogP contribution in [0.5, 0.6) is 0 Å². The maximum atomic E-state index is 12.3. The number of piperidine rings is 1. The summed E-state index contributed by atoms with van der Waals surface area (Å²) in [4.78, 5) is 14.6. The van der Waals surface area contributed by atoms with E-state index in [0.29, 0.717) is 6.61 Å². The van der Waals surface area contributed by atoms with E-state index in [0.717, 1.165) is 45.6 Å². The molecule has 0 bridgehead atoms. The average molecular weight is 269 g/mol. The van der Waals surface area contributed by atoms with Crippen molar-refractivity contribution >= 4 is 5.91 Å². The van der Waals surface area contributed by atoms with Crippen molar-refractivity contribution in [2.45, 2.75) is 38.8 Å². The maximum Gasteiger partial charge on any atom is 0.223 e. The predicted octanol–water partition coefficient (Wildman–Crippen LogP) is 0.211. The Balaban J connectivity index is 1.86. The highest BCUT2D eigenvalue weighted by atomic mass is 16.5. The van der Waals surface area contributed by atoms with Crippen LogP contribution in [0.1, 0.15) is 26.7 Å². The van der Waals surface area contributed by atoms with Gasteiger partial charge in [0.1, 0.15) is 0 Å². The number of likely N-dealkylation sites (tertiary alicyclic amines) is 1. The van der Waals surface area contributed by atoms with Gasteiger partial charge in [-0.05, 0) is 39.4 Å². The molecule has 0 aromatic carbocycles. The average Bonchev–Trinajstić information content (AvgIpc) is 2.82. The molecule has 2 atom stereocenters. The standard InChI is InChI=1S/C14H27N3O2/c1-3-17-9-12(13(10-17)19-4-2)16-14(18)11-5-7-15-8-6-11/h11-13,15H,3-10H2,1-2H3,(H,16,18)/t12-,13-/m0/s1. The Bertz CT molecular complexity index is 292. The molecule has 2 fully saturated rings. The van der Waals surface area contributed by atoms with Crippen LogP contribution in [0, 0.1) is 5.92 Å². The number of amides is 1. The van der Waals surface area contributed by atoms with Gasteiger partial charge in [-0.1, -0.05) is 6.92 Å². The molecule has 2 rings (SSSR count). The lowest BCUT2D eigenvalue weighted by atomic mass is 9.97. The first-order valence-electron chi connectivity index (χ1n) is 7.59. The smallest absolute Gasteiger partial charge is 0.223 e. The Morgan fingerprint density at radius 2 is 2.05 bits per heavy atom. The van der Waals surface area contributed by atoms with Crippen molar-refractivity contribution in [2.24, 2.45) is 5.92 Å². The molecule has 2 aliphatic heterocycles. The molecule has 0 aromatic rings. The fraction of sp³-hybridized carbons (Fsp3) is 0.929. The molecule has 0 spiro atoms. The first kappa shape index (κ1) is 14.8. The van der Waals surface area contributed by atoms with Crippen LogP contribution in [0.25, 0.3) is 0 Å². The zero-order chi connectivity index (χ0) is 13.7. The third-order valence-electron chi connectivity index (χ3n) is 4.21. The van der Waals surface area contributed by atoms with Gasteiger partial charge in [0.15, 0.2) is 0 Å². The van der Waals surface area contributed by atoms with Crippen molar-refractivity contribution in [3.8, 4) is 0 Å². The number of carbonyl (C=O) groups is 1. The second-order valence-electron chi connectivity index (χ2n) is 5.49. The fourth-order valence-electron chi connectivity index (χ4n) is 3.02. The number of nitrogens with zero attached hydrogens (tertiary/aromatic N) is 1. The largest absolute Gasteiger partial charge is 0.375 e. The molecule has 2 aliphatic rings. The van der Waals surface area contributed by atoms with E-state index < -0.39 is 0 Å². The molecule has 5 heteroatoms. The van der Waals surface area contributed by atoms with Gasteiger partial charge in [-0.25, -0.2) is 0 Å². The molecule has 5 nitrogen and oxygen atoms in total. The molecule has 0 aliphatic carbocycles. The molecule has 0 aromatic heterocycles. The van der Waals surface area contributed by atoms with Crippen LogP contribution in [0.2, 0.25) is 0 Å². The summed E-state index contributed by atoms with van der Waals surface area (Å²) in [6, 6.07) is 0.155. The van der Waals surface area contributed by atoms with Gasteiger partial charge in [0.2, 0.25) is 5.91 Å². The van der Waals surface area contributed by atoms with Gasteiger partial charge in [0, 0.05) is 25.6 Å². The lowest BCUT2D eigenvalue weighted by molar-refractivity contribution is -0.127. The molecular weight excluding hydrogens is 242 g/mol. The fourth-order valence-corrected chi connectivity index (χ4v) is 3.02. The molecule has 0 radical (unpaired) electrons. The van der Waals surface area contributed by atoms with Crippen molar-refractivity contribution < 1.29 is 9.53 Å². The van der Waals surface area contributed by atoms with E-state index in [9.17, 15) is 4.79 Å². The third kappa shape index (κ3) is 3.91. The maximum absolute atomic E-state index is 12.3. The molecule has 110 valence electrons. The minimum Gasteiger partial charge on any atom is -0.375 e. The lowest BCUT2D eigenvalue weighted by Gasteiger charge is -2.25. The number of nitrogens with one attached hydrogen (secondary N) is 2. The zero-order valence-electron chi connectivity index (χ0n) is 12.2. The van der Waals surface area contributed by atoms with Gasteiger partial charge < -0.3 is 15.4 Å². The number of ether oxygens (including phenoxy) is 1. The highest BCUT2D eigenvalue weighted by molar-refractivity contribution is 5.79.